The summed E-state index contributed by atoms with van der Waals surface area (Å²) in [4.78, 5) is 37.6. The number of carbonyl (C=O) groups is 2. The molecule has 0 spiro atoms. The molecular weight excluding hydrogens is 566 g/mol. The van der Waals surface area contributed by atoms with Crippen LogP contribution in [0.25, 0.3) is 28.1 Å². The average Bonchev–Trinajstić information content (AvgIpc) is 3.53. The zero-order valence-electron chi connectivity index (χ0n) is 26.0. The first-order valence-corrected chi connectivity index (χ1v) is 14.9. The molecule has 5 heterocycles. The number of piperazine rings is 1. The number of fused-ring (bicyclic) bond motifs is 2. The summed E-state index contributed by atoms with van der Waals surface area (Å²) in [6.45, 7) is 13.4. The Morgan fingerprint density at radius 1 is 0.955 bits per heavy atom. The number of furan rings is 1. The van der Waals surface area contributed by atoms with Gasteiger partial charge in [0.15, 0.2) is 11.4 Å². The molecule has 0 radical (unpaired) electrons. The first-order valence-electron chi connectivity index (χ1n) is 14.9. The van der Waals surface area contributed by atoms with Gasteiger partial charge in [0, 0.05) is 57.3 Å². The van der Waals surface area contributed by atoms with Gasteiger partial charge < -0.3 is 33.7 Å². The van der Waals surface area contributed by atoms with Crippen LogP contribution in [0, 0.1) is 0 Å². The lowest BCUT2D eigenvalue weighted by atomic mass is 9.89. The average molecular weight is 606 g/mol. The Hall–Kier alpha value is -4.55. The molecule has 44 heavy (non-hydrogen) atoms. The number of nitrogens with one attached hydrogen (secondary N) is 1. The van der Waals surface area contributed by atoms with Crippen LogP contribution in [0.3, 0.4) is 0 Å². The summed E-state index contributed by atoms with van der Waals surface area (Å²) in [6, 6.07) is 7.43. The van der Waals surface area contributed by atoms with Crippen LogP contribution < -0.4 is 15.0 Å². The van der Waals surface area contributed by atoms with E-state index in [1.807, 2.05) is 59.7 Å². The first kappa shape index (κ1) is 29.5. The molecule has 1 aliphatic carbocycles. The predicted molar refractivity (Wildman–Crippen MR) is 163 cm³/mol. The fourth-order valence-electron chi connectivity index (χ4n) is 5.27. The van der Waals surface area contributed by atoms with Crippen molar-refractivity contribution < 1.29 is 28.2 Å². The van der Waals surface area contributed by atoms with Crippen LogP contribution in [-0.2, 0) is 9.47 Å². The third kappa shape index (κ3) is 6.51. The van der Waals surface area contributed by atoms with E-state index in [0.29, 0.717) is 67.6 Å². The number of imidazole rings is 1. The molecule has 1 saturated heterocycles. The van der Waals surface area contributed by atoms with Gasteiger partial charge in [-0.3, -0.25) is 0 Å². The number of anilines is 1. The molecule has 0 bridgehead atoms. The molecule has 234 valence electrons. The summed E-state index contributed by atoms with van der Waals surface area (Å²) >= 11 is 0. The quantitative estimate of drug-likeness (QED) is 0.330. The summed E-state index contributed by atoms with van der Waals surface area (Å²) in [6.07, 6.45) is 4.00. The Kier molecular flexibility index (Phi) is 7.50. The van der Waals surface area contributed by atoms with E-state index in [2.05, 4.69) is 25.3 Å². The molecule has 2 fully saturated rings. The van der Waals surface area contributed by atoms with Crippen LogP contribution in [0.2, 0.25) is 0 Å². The van der Waals surface area contributed by atoms with E-state index in [9.17, 15) is 9.59 Å². The van der Waals surface area contributed by atoms with Crippen LogP contribution >= 0.6 is 0 Å². The number of amides is 2. The molecule has 1 saturated carbocycles. The van der Waals surface area contributed by atoms with Crippen molar-refractivity contribution in [1.82, 2.24) is 29.8 Å². The number of rotatable bonds is 5. The van der Waals surface area contributed by atoms with Crippen LogP contribution in [0.5, 0.6) is 5.88 Å². The smallest absolute Gasteiger partial charge is 0.410 e. The molecule has 0 aromatic carbocycles. The minimum Gasteiger partial charge on any atom is -0.473 e. The lowest BCUT2D eigenvalue weighted by Gasteiger charge is -2.36. The predicted octanol–water partition coefficient (Wildman–Crippen LogP) is 5.03. The van der Waals surface area contributed by atoms with Gasteiger partial charge in [-0.1, -0.05) is 0 Å². The molecule has 1 aliphatic heterocycles. The van der Waals surface area contributed by atoms with Crippen LogP contribution in [0.1, 0.15) is 54.4 Å². The van der Waals surface area contributed by atoms with Crippen LogP contribution in [0.4, 0.5) is 15.4 Å². The second kappa shape index (κ2) is 11.2. The van der Waals surface area contributed by atoms with Gasteiger partial charge in [-0.05, 0) is 59.7 Å². The summed E-state index contributed by atoms with van der Waals surface area (Å²) < 4.78 is 24.9. The summed E-state index contributed by atoms with van der Waals surface area (Å²) in [7, 11) is 0. The van der Waals surface area contributed by atoms with Gasteiger partial charge in [0.05, 0.1) is 11.6 Å². The lowest BCUT2D eigenvalue weighted by molar-refractivity contribution is 0.0239. The highest BCUT2D eigenvalue weighted by Crippen LogP contribution is 2.34. The third-order valence-corrected chi connectivity index (χ3v) is 7.35. The molecule has 13 nitrogen and oxygen atoms in total. The van der Waals surface area contributed by atoms with E-state index in [1.165, 1.54) is 0 Å². The number of aromatic nitrogens is 4. The number of carbonyl (C=O) groups excluding carboxylic acids is 2. The fraction of sp³-hybridized carbons (Fsp3) is 0.516. The fourth-order valence-corrected chi connectivity index (χ4v) is 5.27. The highest BCUT2D eigenvalue weighted by molar-refractivity contribution is 5.92. The van der Waals surface area contributed by atoms with Gasteiger partial charge in [-0.25, -0.2) is 24.1 Å². The van der Waals surface area contributed by atoms with Gasteiger partial charge in [-0.2, -0.15) is 0 Å². The Bertz CT molecular complexity index is 1670. The van der Waals surface area contributed by atoms with Gasteiger partial charge in [-0.15, -0.1) is 5.10 Å². The van der Waals surface area contributed by atoms with Crippen LogP contribution in [0.15, 0.2) is 41.1 Å². The Labute approximate surface area is 255 Å². The molecule has 1 N–H and O–H groups in total. The summed E-state index contributed by atoms with van der Waals surface area (Å²) in [5, 5.41) is 8.43. The summed E-state index contributed by atoms with van der Waals surface area (Å²) in [5.74, 6) is 1.86. The minimum absolute atomic E-state index is 0.000952. The summed E-state index contributed by atoms with van der Waals surface area (Å²) in [5.41, 5.74) is 0.958. The molecule has 4 aromatic heterocycles. The number of nitrogens with zero attached hydrogens (tertiary/aromatic N) is 6. The number of hydrogen-bond donors (Lipinski definition) is 1. The van der Waals surface area contributed by atoms with E-state index in [1.54, 1.807) is 27.9 Å². The SMILES string of the molecule is CC(C)(C)OC(=O)N[C@H]1C[C@H](Oc2ccc3ncc(-c4cc5c(N6CCN(C(=O)OC(C)(C)C)CC6)nccc5o4)n3n2)C1. The maximum absolute atomic E-state index is 12.5. The largest absolute Gasteiger partial charge is 0.473 e. The van der Waals surface area contributed by atoms with Crippen molar-refractivity contribution in [2.45, 2.75) is 77.7 Å². The molecule has 2 aliphatic rings. The van der Waals surface area contributed by atoms with Gasteiger partial charge in [0.2, 0.25) is 5.88 Å². The van der Waals surface area contributed by atoms with E-state index in [4.69, 9.17) is 18.6 Å². The standard InChI is InChI=1S/C31H39N7O6/c1-30(2,3)43-28(39)34-19-15-20(16-19)41-26-8-7-25-33-18-22(38(25)35-26)24-17-21-23(42-24)9-10-32-27(21)36-11-13-37(14-12-36)29(40)44-31(4,5)6/h7-10,17-20H,11-16H2,1-6H3,(H,34,39)/t19-,20-. The normalized spacial score (nSPS) is 19.1. The molecule has 13 heteroatoms. The van der Waals surface area contributed by atoms with E-state index >= 15 is 0 Å². The molecule has 6 rings (SSSR count). The molecule has 0 unspecified atom stereocenters. The first-order chi connectivity index (χ1) is 20.8. The monoisotopic (exact) mass is 605 g/mol. The molecule has 2 amide bonds. The van der Waals surface area contributed by atoms with E-state index < -0.39 is 17.3 Å². The zero-order valence-corrected chi connectivity index (χ0v) is 26.0. The highest BCUT2D eigenvalue weighted by atomic mass is 16.6. The van der Waals surface area contributed by atoms with Crippen molar-refractivity contribution in [2.75, 3.05) is 31.1 Å². The Morgan fingerprint density at radius 3 is 2.39 bits per heavy atom. The van der Waals surface area contributed by atoms with Crippen molar-refractivity contribution in [3.63, 3.8) is 0 Å². The second-order valence-electron chi connectivity index (χ2n) is 13.3. The molecule has 4 aromatic rings. The van der Waals surface area contributed by atoms with Crippen molar-refractivity contribution >= 4 is 34.6 Å². The second-order valence-corrected chi connectivity index (χ2v) is 13.3. The maximum Gasteiger partial charge on any atom is 0.410 e. The van der Waals surface area contributed by atoms with Gasteiger partial charge >= 0.3 is 12.2 Å². The van der Waals surface area contributed by atoms with E-state index in [-0.39, 0.29) is 18.2 Å². The maximum atomic E-state index is 12.5. The Morgan fingerprint density at radius 2 is 1.68 bits per heavy atom. The minimum atomic E-state index is -0.539. The Balaban J connectivity index is 1.14. The van der Waals surface area contributed by atoms with Crippen molar-refractivity contribution in [3.8, 4) is 17.3 Å². The molecular formula is C31H39N7O6. The lowest BCUT2D eigenvalue weighted by Crippen LogP contribution is -2.50. The number of alkyl carbamates (subject to hydrolysis) is 1. The van der Waals surface area contributed by atoms with Crippen molar-refractivity contribution in [3.05, 3.63) is 36.7 Å². The number of pyridine rings is 1. The van der Waals surface area contributed by atoms with Gasteiger partial charge in [0.1, 0.15) is 34.4 Å². The highest BCUT2D eigenvalue weighted by Gasteiger charge is 2.34. The zero-order chi connectivity index (χ0) is 31.2. The van der Waals surface area contributed by atoms with Crippen molar-refractivity contribution in [2.24, 2.45) is 0 Å². The van der Waals surface area contributed by atoms with Crippen LogP contribution in [-0.4, -0.2) is 86.2 Å². The van der Waals surface area contributed by atoms with Gasteiger partial charge in [0.25, 0.3) is 0 Å². The number of hydrogen-bond acceptors (Lipinski definition) is 10. The topological polar surface area (TPSA) is 137 Å². The van der Waals surface area contributed by atoms with E-state index in [0.717, 1.165) is 11.2 Å². The van der Waals surface area contributed by atoms with Crippen molar-refractivity contribution in [1.29, 1.82) is 0 Å². The number of ether oxygens (including phenoxy) is 3. The third-order valence-electron chi connectivity index (χ3n) is 7.35. The molecule has 0 atom stereocenters.